The van der Waals surface area contributed by atoms with Crippen molar-refractivity contribution in [1.29, 1.82) is 0 Å². The van der Waals surface area contributed by atoms with E-state index < -0.39 is 0 Å². The topological polar surface area (TPSA) is 18.5 Å². The van der Waals surface area contributed by atoms with E-state index in [9.17, 15) is 0 Å². The van der Waals surface area contributed by atoms with Crippen LogP contribution in [0.15, 0.2) is 0 Å². The molecule has 2 heteroatoms. The molecule has 1 fully saturated rings. The number of hydrogen-bond donors (Lipinski definition) is 0. The average molecular weight is 369 g/mol. The van der Waals surface area contributed by atoms with Crippen molar-refractivity contribution in [3.8, 4) is 0 Å². The SMILES string of the molecule is CCCCCCCCCC(OCCC)(OCCC)C1CCCCCCC1. The summed E-state index contributed by atoms with van der Waals surface area (Å²) in [6.07, 6.45) is 22.3. The molecule has 1 saturated carbocycles. The van der Waals surface area contributed by atoms with E-state index in [2.05, 4.69) is 20.8 Å². The molecule has 26 heavy (non-hydrogen) atoms. The molecule has 156 valence electrons. The van der Waals surface area contributed by atoms with E-state index in [-0.39, 0.29) is 5.79 Å². The molecule has 0 heterocycles. The maximum absolute atomic E-state index is 6.54. The third kappa shape index (κ3) is 9.74. The lowest BCUT2D eigenvalue weighted by molar-refractivity contribution is -0.275. The highest BCUT2D eigenvalue weighted by Gasteiger charge is 2.39. The van der Waals surface area contributed by atoms with Gasteiger partial charge in [0.05, 0.1) is 0 Å². The Kier molecular flexibility index (Phi) is 14.7. The average Bonchev–Trinajstić information content (AvgIpc) is 2.63. The summed E-state index contributed by atoms with van der Waals surface area (Å²) >= 11 is 0. The van der Waals surface area contributed by atoms with Crippen LogP contribution in [-0.4, -0.2) is 19.0 Å². The van der Waals surface area contributed by atoms with Crippen LogP contribution in [0.1, 0.15) is 130 Å². The summed E-state index contributed by atoms with van der Waals surface area (Å²) in [5, 5.41) is 0. The van der Waals surface area contributed by atoms with Crippen LogP contribution < -0.4 is 0 Å². The maximum atomic E-state index is 6.54. The van der Waals surface area contributed by atoms with E-state index in [1.54, 1.807) is 0 Å². The van der Waals surface area contributed by atoms with E-state index in [1.807, 2.05) is 0 Å². The van der Waals surface area contributed by atoms with Crippen LogP contribution in [-0.2, 0) is 9.47 Å². The van der Waals surface area contributed by atoms with Gasteiger partial charge in [0.25, 0.3) is 0 Å². The lowest BCUT2D eigenvalue weighted by Gasteiger charge is -2.41. The van der Waals surface area contributed by atoms with Crippen molar-refractivity contribution in [2.24, 2.45) is 5.92 Å². The van der Waals surface area contributed by atoms with Gasteiger partial charge in [0.1, 0.15) is 0 Å². The summed E-state index contributed by atoms with van der Waals surface area (Å²) in [6.45, 7) is 8.42. The summed E-state index contributed by atoms with van der Waals surface area (Å²) in [6, 6.07) is 0. The molecule has 0 radical (unpaired) electrons. The Hall–Kier alpha value is -0.0800. The molecule has 0 spiro atoms. The largest absolute Gasteiger partial charge is 0.350 e. The van der Waals surface area contributed by atoms with Gasteiger partial charge in [-0.1, -0.05) is 91.4 Å². The van der Waals surface area contributed by atoms with E-state index in [1.165, 1.54) is 89.9 Å². The maximum Gasteiger partial charge on any atom is 0.171 e. The fourth-order valence-corrected chi connectivity index (χ4v) is 4.40. The first-order valence-electron chi connectivity index (χ1n) is 12.1. The van der Waals surface area contributed by atoms with E-state index >= 15 is 0 Å². The van der Waals surface area contributed by atoms with Gasteiger partial charge in [-0.15, -0.1) is 0 Å². The first kappa shape index (κ1) is 24.0. The molecule has 1 rings (SSSR count). The fraction of sp³-hybridized carbons (Fsp3) is 1.00. The molecule has 0 unspecified atom stereocenters. The van der Waals surface area contributed by atoms with Crippen LogP contribution >= 0.6 is 0 Å². The Bertz CT molecular complexity index is 287. The summed E-state index contributed by atoms with van der Waals surface area (Å²) < 4.78 is 13.1. The molecule has 0 aromatic heterocycles. The molecule has 0 amide bonds. The molecule has 0 atom stereocenters. The Balaban J connectivity index is 2.63. The van der Waals surface area contributed by atoms with Gasteiger partial charge in [-0.05, 0) is 32.1 Å². The molecule has 0 aliphatic heterocycles. The van der Waals surface area contributed by atoms with Gasteiger partial charge in [0, 0.05) is 25.6 Å². The molecule has 0 N–H and O–H groups in total. The molecule has 0 aromatic carbocycles. The lowest BCUT2D eigenvalue weighted by Crippen LogP contribution is -2.44. The summed E-state index contributed by atoms with van der Waals surface area (Å²) in [7, 11) is 0. The zero-order valence-corrected chi connectivity index (χ0v) is 18.3. The lowest BCUT2D eigenvalue weighted by atomic mass is 9.82. The van der Waals surface area contributed by atoms with Crippen LogP contribution in [0.25, 0.3) is 0 Å². The second kappa shape index (κ2) is 15.9. The van der Waals surface area contributed by atoms with Crippen molar-refractivity contribution in [3.63, 3.8) is 0 Å². The van der Waals surface area contributed by atoms with Gasteiger partial charge in [-0.2, -0.15) is 0 Å². The van der Waals surface area contributed by atoms with Crippen molar-refractivity contribution < 1.29 is 9.47 Å². The van der Waals surface area contributed by atoms with Gasteiger partial charge in [0.15, 0.2) is 5.79 Å². The monoisotopic (exact) mass is 368 g/mol. The number of ether oxygens (including phenoxy) is 2. The van der Waals surface area contributed by atoms with Crippen molar-refractivity contribution in [2.45, 2.75) is 136 Å². The highest BCUT2D eigenvalue weighted by Crippen LogP contribution is 2.38. The zero-order valence-electron chi connectivity index (χ0n) is 18.3. The molecule has 2 nitrogen and oxygen atoms in total. The first-order chi connectivity index (χ1) is 12.8. The standard InChI is InChI=1S/C24H48O2/c1-4-7-8-9-10-14-17-20-24(25-21-5-2,26-22-6-3)23-18-15-12-11-13-16-19-23/h23H,4-22H2,1-3H3. The van der Waals surface area contributed by atoms with Crippen LogP contribution in [0.2, 0.25) is 0 Å². The van der Waals surface area contributed by atoms with Crippen LogP contribution in [0.4, 0.5) is 0 Å². The second-order valence-electron chi connectivity index (χ2n) is 8.42. The van der Waals surface area contributed by atoms with Gasteiger partial charge in [-0.25, -0.2) is 0 Å². The van der Waals surface area contributed by atoms with E-state index in [0.29, 0.717) is 5.92 Å². The summed E-state index contributed by atoms with van der Waals surface area (Å²) in [5.41, 5.74) is 0. The third-order valence-electron chi connectivity index (χ3n) is 5.96. The van der Waals surface area contributed by atoms with Crippen molar-refractivity contribution >= 4 is 0 Å². The van der Waals surface area contributed by atoms with Gasteiger partial charge in [0.2, 0.25) is 0 Å². The number of rotatable bonds is 15. The minimum atomic E-state index is -0.299. The van der Waals surface area contributed by atoms with Crippen LogP contribution in [0.3, 0.4) is 0 Å². The Morgan fingerprint density at radius 2 is 1.12 bits per heavy atom. The molecular formula is C24H48O2. The third-order valence-corrected chi connectivity index (χ3v) is 5.96. The Labute approximate surface area is 164 Å². The normalized spacial score (nSPS) is 17.2. The Morgan fingerprint density at radius 3 is 1.65 bits per heavy atom. The molecule has 0 saturated heterocycles. The van der Waals surface area contributed by atoms with Gasteiger partial charge < -0.3 is 9.47 Å². The molecule has 1 aliphatic carbocycles. The van der Waals surface area contributed by atoms with Crippen molar-refractivity contribution in [1.82, 2.24) is 0 Å². The zero-order chi connectivity index (χ0) is 18.9. The molecule has 0 aromatic rings. The predicted molar refractivity (Wildman–Crippen MR) is 114 cm³/mol. The number of unbranched alkanes of at least 4 members (excludes halogenated alkanes) is 6. The molecule has 0 bridgehead atoms. The smallest absolute Gasteiger partial charge is 0.171 e. The first-order valence-corrected chi connectivity index (χ1v) is 12.1. The predicted octanol–water partition coefficient (Wildman–Crippen LogP) is 8.04. The van der Waals surface area contributed by atoms with E-state index in [4.69, 9.17) is 9.47 Å². The van der Waals surface area contributed by atoms with Crippen molar-refractivity contribution in [3.05, 3.63) is 0 Å². The summed E-state index contributed by atoms with van der Waals surface area (Å²) in [5.74, 6) is 0.299. The highest BCUT2D eigenvalue weighted by atomic mass is 16.7. The van der Waals surface area contributed by atoms with Crippen LogP contribution in [0, 0.1) is 5.92 Å². The van der Waals surface area contributed by atoms with Crippen LogP contribution in [0.5, 0.6) is 0 Å². The van der Waals surface area contributed by atoms with Crippen molar-refractivity contribution in [2.75, 3.05) is 13.2 Å². The minimum Gasteiger partial charge on any atom is -0.350 e. The summed E-state index contributed by atoms with van der Waals surface area (Å²) in [4.78, 5) is 0. The highest BCUT2D eigenvalue weighted by molar-refractivity contribution is 4.82. The molecule has 1 aliphatic rings. The van der Waals surface area contributed by atoms with Gasteiger partial charge >= 0.3 is 0 Å². The van der Waals surface area contributed by atoms with E-state index in [0.717, 1.165) is 32.5 Å². The Morgan fingerprint density at radius 1 is 0.615 bits per heavy atom. The quantitative estimate of drug-likeness (QED) is 0.215. The fourth-order valence-electron chi connectivity index (χ4n) is 4.40. The number of hydrogen-bond acceptors (Lipinski definition) is 2. The minimum absolute atomic E-state index is 0.299. The van der Waals surface area contributed by atoms with Gasteiger partial charge in [-0.3, -0.25) is 0 Å². The second-order valence-corrected chi connectivity index (χ2v) is 8.42. The molecular weight excluding hydrogens is 320 g/mol.